The van der Waals surface area contributed by atoms with Crippen LogP contribution in [0.25, 0.3) is 11.3 Å². The number of carbonyl (C=O) groups excluding carboxylic acids is 2. The van der Waals surface area contributed by atoms with Crippen LogP contribution in [0.3, 0.4) is 0 Å². The summed E-state index contributed by atoms with van der Waals surface area (Å²) in [5.74, 6) is -3.46. The van der Waals surface area contributed by atoms with Gasteiger partial charge in [-0.05, 0) is 45.8 Å². The van der Waals surface area contributed by atoms with E-state index in [1.165, 1.54) is 42.6 Å². The Kier molecular flexibility index (Phi) is 9.12. The Balaban J connectivity index is 1.61. The van der Waals surface area contributed by atoms with E-state index in [4.69, 9.17) is 0 Å². The predicted octanol–water partition coefficient (Wildman–Crippen LogP) is 6.06. The summed E-state index contributed by atoms with van der Waals surface area (Å²) in [6.45, 7) is 0. The lowest BCUT2D eigenvalue weighted by atomic mass is 10.0. The number of hydrogen-bond acceptors (Lipinski definition) is 8. The number of nitrogens with zero attached hydrogens (tertiary/aromatic N) is 2. The Morgan fingerprint density at radius 2 is 1.73 bits per heavy atom. The molecular weight excluding hydrogens is 705 g/mol. The number of H-pyrrole nitrogens is 1. The summed E-state index contributed by atoms with van der Waals surface area (Å²) in [7, 11) is -8.42. The van der Waals surface area contributed by atoms with Crippen LogP contribution in [-0.4, -0.2) is 50.0 Å². The molecule has 3 aromatic carbocycles. The van der Waals surface area contributed by atoms with Gasteiger partial charge in [0.1, 0.15) is 17.1 Å². The lowest BCUT2D eigenvalue weighted by Gasteiger charge is -2.33. The van der Waals surface area contributed by atoms with Gasteiger partial charge in [0.05, 0.1) is 23.2 Å². The first-order valence-corrected chi connectivity index (χ1v) is 16.9. The summed E-state index contributed by atoms with van der Waals surface area (Å²) in [5, 5.41) is -0.981. The van der Waals surface area contributed by atoms with Crippen LogP contribution in [0.1, 0.15) is 34.7 Å². The van der Waals surface area contributed by atoms with Gasteiger partial charge in [-0.1, -0.05) is 76.6 Å². The first-order chi connectivity index (χ1) is 21.2. The number of amides is 1. The highest BCUT2D eigenvalue weighted by Gasteiger charge is 2.47. The van der Waals surface area contributed by atoms with Crippen molar-refractivity contribution in [3.05, 3.63) is 106 Å². The summed E-state index contributed by atoms with van der Waals surface area (Å²) in [6.07, 6.45) is -4.73. The molecule has 1 unspecified atom stereocenters. The third-order valence-corrected chi connectivity index (χ3v) is 10.9. The quantitative estimate of drug-likeness (QED) is 0.151. The van der Waals surface area contributed by atoms with Gasteiger partial charge in [0, 0.05) is 4.47 Å². The van der Waals surface area contributed by atoms with Crippen molar-refractivity contribution in [2.75, 3.05) is 0 Å². The van der Waals surface area contributed by atoms with E-state index in [2.05, 4.69) is 35.5 Å². The Labute approximate surface area is 265 Å². The van der Waals surface area contributed by atoms with Crippen LogP contribution in [0.5, 0.6) is 0 Å². The van der Waals surface area contributed by atoms with Crippen molar-refractivity contribution in [1.82, 2.24) is 19.2 Å². The minimum absolute atomic E-state index is 0.0102. The second-order valence-electron chi connectivity index (χ2n) is 9.88. The molecule has 0 aliphatic carbocycles. The van der Waals surface area contributed by atoms with Gasteiger partial charge >= 0.3 is 12.1 Å². The molecule has 1 aliphatic heterocycles. The molecule has 4 N–H and O–H groups in total. The molecule has 0 radical (unpaired) electrons. The van der Waals surface area contributed by atoms with Crippen molar-refractivity contribution in [1.29, 1.82) is 0 Å². The Morgan fingerprint density at radius 3 is 2.31 bits per heavy atom. The van der Waals surface area contributed by atoms with Crippen molar-refractivity contribution in [3.63, 3.8) is 0 Å². The van der Waals surface area contributed by atoms with Gasteiger partial charge in [-0.15, -0.1) is 10.8 Å². The van der Waals surface area contributed by atoms with Crippen molar-refractivity contribution >= 4 is 48.6 Å². The van der Waals surface area contributed by atoms with Gasteiger partial charge in [0.2, 0.25) is 5.91 Å². The van der Waals surface area contributed by atoms with Crippen LogP contribution < -0.4 is 4.72 Å². The minimum atomic E-state index is -5.53. The van der Waals surface area contributed by atoms with Crippen LogP contribution in [-0.2, 0) is 30.9 Å². The summed E-state index contributed by atoms with van der Waals surface area (Å²) in [6, 6.07) is 18.0. The Morgan fingerprint density at radius 1 is 1.09 bits per heavy atom. The molecule has 45 heavy (non-hydrogen) atoms. The fraction of sp³-hybridized carbons (Fsp3) is 0.179. The summed E-state index contributed by atoms with van der Waals surface area (Å²) >= 11 is 3.35. The fourth-order valence-electron chi connectivity index (χ4n) is 4.69. The smallest absolute Gasteiger partial charge is 0.344 e. The second-order valence-corrected chi connectivity index (χ2v) is 14.5. The van der Waals surface area contributed by atoms with Crippen LogP contribution in [0.4, 0.5) is 13.2 Å². The van der Waals surface area contributed by atoms with Gasteiger partial charge < -0.3 is 9.82 Å². The van der Waals surface area contributed by atoms with Crippen molar-refractivity contribution in [2.24, 2.45) is 0 Å². The lowest BCUT2D eigenvalue weighted by Crippen LogP contribution is -2.42. The van der Waals surface area contributed by atoms with Crippen LogP contribution in [0, 0.1) is 0 Å². The van der Waals surface area contributed by atoms with Crippen LogP contribution in [0.15, 0.2) is 94.4 Å². The number of hydroxylamine groups is 1. The van der Waals surface area contributed by atoms with Crippen LogP contribution in [0.2, 0.25) is 0 Å². The molecule has 1 aromatic heterocycles. The number of alkyl halides is 3. The van der Waals surface area contributed by atoms with Crippen LogP contribution >= 0.6 is 26.7 Å². The van der Waals surface area contributed by atoms with Gasteiger partial charge in [-0.2, -0.15) is 13.2 Å². The van der Waals surface area contributed by atoms with Gasteiger partial charge in [0.15, 0.2) is 0 Å². The lowest BCUT2D eigenvalue weighted by molar-refractivity contribution is -0.227. The number of aromatic amines is 1. The number of nitrogens with one attached hydrogen (secondary N) is 2. The summed E-state index contributed by atoms with van der Waals surface area (Å²) in [5.41, 5.74) is 1.74. The fourth-order valence-corrected chi connectivity index (χ4v) is 8.43. The topological polar surface area (TPSA) is 162 Å². The zero-order chi connectivity index (χ0) is 32.6. The number of sulfonamides is 1. The zero-order valence-corrected chi connectivity index (χ0v) is 26.0. The number of carbonyl (C=O) groups is 2. The molecule has 0 saturated carbocycles. The van der Waals surface area contributed by atoms with E-state index in [0.29, 0.717) is 26.9 Å². The van der Waals surface area contributed by atoms with E-state index in [1.807, 2.05) is 0 Å². The highest BCUT2D eigenvalue weighted by atomic mass is 79.9. The molecular formula is C28H24BrF3N4O7S2. The first kappa shape index (κ1) is 32.6. The number of halogens is 4. The molecule has 17 heteroatoms. The largest absolute Gasteiger partial charge is 0.492 e. The molecule has 11 nitrogen and oxygen atoms in total. The van der Waals surface area contributed by atoms with E-state index in [-0.39, 0.29) is 23.1 Å². The number of imidazole rings is 1. The van der Waals surface area contributed by atoms with Crippen molar-refractivity contribution in [2.45, 2.75) is 35.2 Å². The first-order valence-electron chi connectivity index (χ1n) is 13.0. The van der Waals surface area contributed by atoms with E-state index in [0.717, 1.165) is 12.1 Å². The standard InChI is InChI=1S/C28H24BrF3N4O7S2/c29-21-13-17(11-12-20(21)24-15-25(37)35-44(24,39)40)14-23(26-33-16-22(34-26)18-7-3-1-4-8-18)36(43-27(38)28(30,31)32)45(41,42)19-9-5-2-6-10-19/h1-13,16,23-24,39-40H,14-15H2,(H,33,34)(H,35,37)/t23-,24?/m0/s1. The number of aromatic nitrogens is 2. The highest BCUT2D eigenvalue weighted by Crippen LogP contribution is 2.57. The summed E-state index contributed by atoms with van der Waals surface area (Å²) in [4.78, 5) is 35.4. The maximum Gasteiger partial charge on any atom is 0.492 e. The third-order valence-electron chi connectivity index (χ3n) is 6.81. The predicted molar refractivity (Wildman–Crippen MR) is 161 cm³/mol. The molecule has 1 amide bonds. The minimum Gasteiger partial charge on any atom is -0.344 e. The SMILES string of the molecule is O=C1CC(c2ccc(C[C@@H](c3ncc(-c4ccccc4)[nH]3)N(OC(=O)C(F)(F)F)S(=O)(=O)c3ccccc3)cc2Br)S(O)(O)N1. The van der Waals surface area contributed by atoms with Gasteiger partial charge in [-0.25, -0.2) is 18.2 Å². The van der Waals surface area contributed by atoms with E-state index < -0.39 is 55.0 Å². The summed E-state index contributed by atoms with van der Waals surface area (Å²) < 4.78 is 91.1. The second kappa shape index (κ2) is 12.6. The number of benzene rings is 3. The highest BCUT2D eigenvalue weighted by molar-refractivity contribution is 9.10. The average Bonchev–Trinajstić information content (AvgIpc) is 3.58. The molecule has 0 spiro atoms. The Hall–Kier alpha value is -3.74. The van der Waals surface area contributed by atoms with E-state index in [9.17, 15) is 40.3 Å². The maximum absolute atomic E-state index is 13.8. The third kappa shape index (κ3) is 7.08. The molecule has 1 aliphatic rings. The Bertz CT molecular complexity index is 1820. The van der Waals surface area contributed by atoms with Crippen molar-refractivity contribution < 1.29 is 45.1 Å². The van der Waals surface area contributed by atoms with E-state index >= 15 is 0 Å². The normalized spacial score (nSPS) is 17.9. The monoisotopic (exact) mass is 728 g/mol. The number of rotatable bonds is 9. The van der Waals surface area contributed by atoms with E-state index in [1.54, 1.807) is 30.3 Å². The van der Waals surface area contributed by atoms with Crippen molar-refractivity contribution in [3.8, 4) is 11.3 Å². The zero-order valence-electron chi connectivity index (χ0n) is 22.8. The molecule has 1 saturated heterocycles. The molecule has 5 rings (SSSR count). The molecule has 238 valence electrons. The maximum atomic E-state index is 13.8. The molecule has 2 heterocycles. The molecule has 4 aromatic rings. The van der Waals surface area contributed by atoms with Gasteiger partial charge in [-0.3, -0.25) is 18.6 Å². The van der Waals surface area contributed by atoms with Gasteiger partial charge in [0.25, 0.3) is 10.0 Å². The average molecular weight is 730 g/mol. The molecule has 1 fully saturated rings. The number of hydrogen-bond donors (Lipinski definition) is 4. The molecule has 0 bridgehead atoms. The molecule has 2 atom stereocenters.